The molecule has 118 valence electrons. The zero-order chi connectivity index (χ0) is 15.6. The SMILES string of the molecule is CC(C)(C)OC(=O)N1CCC(C(O)CCC(F)(F)F)C1. The number of likely N-dealkylation sites (tertiary alicyclic amines) is 1. The molecule has 1 saturated heterocycles. The minimum Gasteiger partial charge on any atom is -0.444 e. The summed E-state index contributed by atoms with van der Waals surface area (Å²) in [5.41, 5.74) is -0.607. The lowest BCUT2D eigenvalue weighted by molar-refractivity contribution is -0.141. The van der Waals surface area contributed by atoms with Crippen LogP contribution in [-0.2, 0) is 4.74 Å². The lowest BCUT2D eigenvalue weighted by Gasteiger charge is -2.25. The van der Waals surface area contributed by atoms with Crippen molar-refractivity contribution in [2.75, 3.05) is 13.1 Å². The molecule has 2 unspecified atom stereocenters. The predicted molar refractivity (Wildman–Crippen MR) is 67.2 cm³/mol. The summed E-state index contributed by atoms with van der Waals surface area (Å²) < 4.78 is 41.5. The van der Waals surface area contributed by atoms with Crippen LogP contribution in [0.3, 0.4) is 0 Å². The molecule has 0 saturated carbocycles. The number of amides is 1. The Morgan fingerprint density at radius 3 is 2.50 bits per heavy atom. The number of ether oxygens (including phenoxy) is 1. The van der Waals surface area contributed by atoms with Gasteiger partial charge in [-0.05, 0) is 33.6 Å². The minimum absolute atomic E-state index is 0.244. The van der Waals surface area contributed by atoms with E-state index < -0.39 is 30.4 Å². The van der Waals surface area contributed by atoms with Crippen molar-refractivity contribution in [3.05, 3.63) is 0 Å². The van der Waals surface area contributed by atoms with Crippen LogP contribution in [0.4, 0.5) is 18.0 Å². The van der Waals surface area contributed by atoms with Crippen LogP contribution >= 0.6 is 0 Å². The second-order valence-electron chi connectivity index (χ2n) is 6.20. The van der Waals surface area contributed by atoms with Crippen molar-refractivity contribution in [2.24, 2.45) is 5.92 Å². The van der Waals surface area contributed by atoms with Crippen LogP contribution in [0, 0.1) is 5.92 Å². The number of carbonyl (C=O) groups is 1. The van der Waals surface area contributed by atoms with Crippen molar-refractivity contribution in [3.8, 4) is 0 Å². The average Bonchev–Trinajstić information content (AvgIpc) is 2.71. The van der Waals surface area contributed by atoms with Crippen LogP contribution in [0.15, 0.2) is 0 Å². The summed E-state index contributed by atoms with van der Waals surface area (Å²) in [4.78, 5) is 13.2. The third-order valence-corrected chi connectivity index (χ3v) is 3.14. The zero-order valence-corrected chi connectivity index (χ0v) is 12.0. The van der Waals surface area contributed by atoms with Gasteiger partial charge in [-0.25, -0.2) is 4.79 Å². The smallest absolute Gasteiger partial charge is 0.410 e. The van der Waals surface area contributed by atoms with E-state index in [1.807, 2.05) is 0 Å². The first-order valence-corrected chi connectivity index (χ1v) is 6.71. The fraction of sp³-hybridized carbons (Fsp3) is 0.923. The molecule has 0 aromatic rings. The van der Waals surface area contributed by atoms with Crippen LogP contribution in [-0.4, -0.2) is 47.1 Å². The van der Waals surface area contributed by atoms with Gasteiger partial charge in [0.2, 0.25) is 0 Å². The van der Waals surface area contributed by atoms with Gasteiger partial charge in [0.15, 0.2) is 0 Å². The van der Waals surface area contributed by atoms with Gasteiger partial charge in [-0.2, -0.15) is 13.2 Å². The number of carbonyl (C=O) groups excluding carboxylic acids is 1. The highest BCUT2D eigenvalue weighted by molar-refractivity contribution is 5.68. The van der Waals surface area contributed by atoms with Crippen LogP contribution in [0.2, 0.25) is 0 Å². The van der Waals surface area contributed by atoms with Crippen molar-refractivity contribution in [2.45, 2.75) is 57.9 Å². The number of halogens is 3. The fourth-order valence-electron chi connectivity index (χ4n) is 2.14. The molecule has 2 atom stereocenters. The third-order valence-electron chi connectivity index (χ3n) is 3.14. The Morgan fingerprint density at radius 2 is 2.00 bits per heavy atom. The van der Waals surface area contributed by atoms with E-state index >= 15 is 0 Å². The summed E-state index contributed by atoms with van der Waals surface area (Å²) in [5, 5.41) is 9.77. The summed E-state index contributed by atoms with van der Waals surface area (Å²) in [7, 11) is 0. The standard InChI is InChI=1S/C13H22F3NO3/c1-12(2,3)20-11(19)17-7-5-9(8-17)10(18)4-6-13(14,15)16/h9-10,18H,4-8H2,1-3H3. The molecule has 1 amide bonds. The molecule has 0 spiro atoms. The molecule has 0 aromatic heterocycles. The Kier molecular flexibility index (Phi) is 5.29. The molecule has 1 N–H and O–H groups in total. The van der Waals surface area contributed by atoms with E-state index in [4.69, 9.17) is 4.74 Å². The fourth-order valence-corrected chi connectivity index (χ4v) is 2.14. The van der Waals surface area contributed by atoms with Gasteiger partial charge in [-0.3, -0.25) is 0 Å². The largest absolute Gasteiger partial charge is 0.444 e. The summed E-state index contributed by atoms with van der Waals surface area (Å²) in [6, 6.07) is 0. The molecule has 0 bridgehead atoms. The van der Waals surface area contributed by atoms with Crippen LogP contribution < -0.4 is 0 Å². The van der Waals surface area contributed by atoms with E-state index in [9.17, 15) is 23.1 Å². The maximum absolute atomic E-state index is 12.1. The Balaban J connectivity index is 2.41. The molecule has 7 heteroatoms. The number of nitrogens with zero attached hydrogens (tertiary/aromatic N) is 1. The van der Waals surface area contributed by atoms with Gasteiger partial charge >= 0.3 is 12.3 Å². The number of hydrogen-bond donors (Lipinski definition) is 1. The van der Waals surface area contributed by atoms with Gasteiger partial charge in [0.1, 0.15) is 5.60 Å². The van der Waals surface area contributed by atoms with Crippen molar-refractivity contribution >= 4 is 6.09 Å². The van der Waals surface area contributed by atoms with Crippen molar-refractivity contribution < 1.29 is 27.8 Å². The van der Waals surface area contributed by atoms with Gasteiger partial charge in [0, 0.05) is 25.4 Å². The van der Waals surface area contributed by atoms with Gasteiger partial charge < -0.3 is 14.7 Å². The second-order valence-corrected chi connectivity index (χ2v) is 6.20. The highest BCUT2D eigenvalue weighted by atomic mass is 19.4. The first-order valence-electron chi connectivity index (χ1n) is 6.71. The summed E-state index contributed by atoms with van der Waals surface area (Å²) in [5.74, 6) is -0.315. The quantitative estimate of drug-likeness (QED) is 0.871. The molecular weight excluding hydrogens is 275 g/mol. The number of hydrogen-bond acceptors (Lipinski definition) is 3. The number of aliphatic hydroxyl groups is 1. The molecule has 1 heterocycles. The van der Waals surface area contributed by atoms with Crippen molar-refractivity contribution in [1.82, 2.24) is 4.90 Å². The van der Waals surface area contributed by atoms with Crippen LogP contribution in [0.5, 0.6) is 0 Å². The molecule has 0 radical (unpaired) electrons. The van der Waals surface area contributed by atoms with Gasteiger partial charge in [-0.1, -0.05) is 0 Å². The lowest BCUT2D eigenvalue weighted by atomic mass is 9.98. The minimum atomic E-state index is -4.26. The van der Waals surface area contributed by atoms with E-state index in [0.29, 0.717) is 13.0 Å². The van der Waals surface area contributed by atoms with Gasteiger partial charge in [-0.15, -0.1) is 0 Å². The Morgan fingerprint density at radius 1 is 1.40 bits per heavy atom. The molecule has 0 aliphatic carbocycles. The molecule has 1 aliphatic heterocycles. The first-order chi connectivity index (χ1) is 8.98. The summed E-state index contributed by atoms with van der Waals surface area (Å²) >= 11 is 0. The third kappa shape index (κ3) is 5.98. The number of alkyl halides is 3. The molecule has 0 aromatic carbocycles. The number of aliphatic hydroxyl groups excluding tert-OH is 1. The normalized spacial score (nSPS) is 21.9. The lowest BCUT2D eigenvalue weighted by Crippen LogP contribution is -2.36. The number of rotatable bonds is 3. The average molecular weight is 297 g/mol. The van der Waals surface area contributed by atoms with E-state index in [0.717, 1.165) is 0 Å². The van der Waals surface area contributed by atoms with Gasteiger partial charge in [0.05, 0.1) is 6.10 Å². The molecule has 20 heavy (non-hydrogen) atoms. The van der Waals surface area contributed by atoms with E-state index in [2.05, 4.69) is 0 Å². The second kappa shape index (κ2) is 6.20. The van der Waals surface area contributed by atoms with Crippen LogP contribution in [0.1, 0.15) is 40.0 Å². The molecular formula is C13H22F3NO3. The summed E-state index contributed by atoms with van der Waals surface area (Å²) in [6.07, 6.45) is -6.61. The molecule has 1 aliphatic rings. The summed E-state index contributed by atoms with van der Waals surface area (Å²) in [6.45, 7) is 5.89. The van der Waals surface area contributed by atoms with E-state index in [1.165, 1.54) is 4.90 Å². The Labute approximate surface area is 116 Å². The predicted octanol–water partition coefficient (Wildman–Crippen LogP) is 2.95. The van der Waals surface area contributed by atoms with E-state index in [1.54, 1.807) is 20.8 Å². The maximum atomic E-state index is 12.1. The van der Waals surface area contributed by atoms with Crippen molar-refractivity contribution in [1.29, 1.82) is 0 Å². The highest BCUT2D eigenvalue weighted by Gasteiger charge is 2.35. The molecule has 1 rings (SSSR count). The molecule has 1 fully saturated rings. The highest BCUT2D eigenvalue weighted by Crippen LogP contribution is 2.28. The Hall–Kier alpha value is -0.980. The van der Waals surface area contributed by atoms with Gasteiger partial charge in [0.25, 0.3) is 0 Å². The van der Waals surface area contributed by atoms with Crippen molar-refractivity contribution in [3.63, 3.8) is 0 Å². The van der Waals surface area contributed by atoms with E-state index in [-0.39, 0.29) is 18.9 Å². The first kappa shape index (κ1) is 17.1. The monoisotopic (exact) mass is 297 g/mol. The van der Waals surface area contributed by atoms with Crippen LogP contribution in [0.25, 0.3) is 0 Å². The zero-order valence-electron chi connectivity index (χ0n) is 12.0. The topological polar surface area (TPSA) is 49.8 Å². The maximum Gasteiger partial charge on any atom is 0.410 e. The Bertz CT molecular complexity index is 339. The molecule has 4 nitrogen and oxygen atoms in total.